The van der Waals surface area contributed by atoms with Gasteiger partial charge in [-0.05, 0) is 38.1 Å². The molecule has 2 aromatic heterocycles. The highest BCUT2D eigenvalue weighted by Crippen LogP contribution is 2.32. The van der Waals surface area contributed by atoms with Gasteiger partial charge in [-0.1, -0.05) is 0 Å². The molecule has 0 aliphatic heterocycles. The molecule has 5 nitrogen and oxygen atoms in total. The molecule has 0 aliphatic carbocycles. The maximum atomic E-state index is 13.9. The standard InChI is InChI=1S/C17H16F2N4O/c1-9-14(8-22-23-9)11-5-16(17(20)21-7-11)24-10(2)13-6-12(18)3-4-15(13)19/h3-8,10H,1-2H3,(H2,20,21)(H,22,23)/t10-/m1/s1. The van der Waals surface area contributed by atoms with Crippen LogP contribution >= 0.6 is 0 Å². The molecule has 7 heteroatoms. The van der Waals surface area contributed by atoms with E-state index in [-0.39, 0.29) is 11.4 Å². The zero-order chi connectivity index (χ0) is 17.3. The van der Waals surface area contributed by atoms with Crippen LogP contribution in [0.15, 0.2) is 36.7 Å². The smallest absolute Gasteiger partial charge is 0.166 e. The van der Waals surface area contributed by atoms with Crippen LogP contribution in [-0.2, 0) is 0 Å². The second kappa shape index (κ2) is 6.27. The maximum absolute atomic E-state index is 13.9. The van der Waals surface area contributed by atoms with E-state index >= 15 is 0 Å². The Morgan fingerprint density at radius 1 is 1.21 bits per heavy atom. The fourth-order valence-electron chi connectivity index (χ4n) is 2.42. The first-order valence-corrected chi connectivity index (χ1v) is 7.33. The summed E-state index contributed by atoms with van der Waals surface area (Å²) in [6.07, 6.45) is 2.54. The summed E-state index contributed by atoms with van der Waals surface area (Å²) < 4.78 is 32.9. The number of rotatable bonds is 4. The fourth-order valence-corrected chi connectivity index (χ4v) is 2.42. The summed E-state index contributed by atoms with van der Waals surface area (Å²) in [7, 11) is 0. The minimum Gasteiger partial charge on any atom is -0.482 e. The molecule has 0 amide bonds. The normalized spacial score (nSPS) is 12.2. The monoisotopic (exact) mass is 330 g/mol. The van der Waals surface area contributed by atoms with Crippen molar-refractivity contribution in [3.63, 3.8) is 0 Å². The number of nitrogen functional groups attached to an aromatic ring is 1. The van der Waals surface area contributed by atoms with E-state index in [9.17, 15) is 8.78 Å². The summed E-state index contributed by atoms with van der Waals surface area (Å²) in [6, 6.07) is 4.93. The van der Waals surface area contributed by atoms with E-state index in [1.54, 1.807) is 25.4 Å². The average molecular weight is 330 g/mol. The molecule has 3 aromatic rings. The van der Waals surface area contributed by atoms with Gasteiger partial charge < -0.3 is 10.5 Å². The number of hydrogen-bond donors (Lipinski definition) is 2. The van der Waals surface area contributed by atoms with Crippen LogP contribution in [0.4, 0.5) is 14.6 Å². The predicted octanol–water partition coefficient (Wildman–Crippen LogP) is 3.78. The Kier molecular flexibility index (Phi) is 4.16. The number of ether oxygens (including phenoxy) is 1. The summed E-state index contributed by atoms with van der Waals surface area (Å²) >= 11 is 0. The molecule has 1 atom stereocenters. The molecule has 0 spiro atoms. The number of nitrogens with one attached hydrogen (secondary N) is 1. The van der Waals surface area contributed by atoms with Crippen molar-refractivity contribution in [3.8, 4) is 16.9 Å². The van der Waals surface area contributed by atoms with E-state index in [0.29, 0.717) is 5.75 Å². The summed E-state index contributed by atoms with van der Waals surface area (Å²) in [6.45, 7) is 3.50. The Labute approximate surface area is 137 Å². The van der Waals surface area contributed by atoms with Crippen molar-refractivity contribution >= 4 is 5.82 Å². The molecule has 0 saturated heterocycles. The Hall–Kier alpha value is -2.96. The predicted molar refractivity (Wildman–Crippen MR) is 86.4 cm³/mol. The number of aromatic amines is 1. The lowest BCUT2D eigenvalue weighted by atomic mass is 10.1. The van der Waals surface area contributed by atoms with Gasteiger partial charge in [0.2, 0.25) is 0 Å². The van der Waals surface area contributed by atoms with Crippen molar-refractivity contribution in [2.75, 3.05) is 5.73 Å². The average Bonchev–Trinajstić information content (AvgIpc) is 2.98. The van der Waals surface area contributed by atoms with Crippen LogP contribution < -0.4 is 10.5 Å². The number of anilines is 1. The zero-order valence-electron chi connectivity index (χ0n) is 13.2. The summed E-state index contributed by atoms with van der Waals surface area (Å²) in [5.41, 5.74) is 8.45. The van der Waals surface area contributed by atoms with Crippen molar-refractivity contribution in [2.24, 2.45) is 0 Å². The highest BCUT2D eigenvalue weighted by Gasteiger charge is 2.16. The Morgan fingerprint density at radius 2 is 2.00 bits per heavy atom. The second-order valence-corrected chi connectivity index (χ2v) is 5.44. The van der Waals surface area contributed by atoms with Gasteiger partial charge in [0.15, 0.2) is 11.6 Å². The number of aromatic nitrogens is 3. The van der Waals surface area contributed by atoms with Crippen LogP contribution in [0, 0.1) is 18.6 Å². The largest absolute Gasteiger partial charge is 0.482 e. The number of H-pyrrole nitrogens is 1. The first-order valence-electron chi connectivity index (χ1n) is 7.33. The molecule has 2 heterocycles. The van der Waals surface area contributed by atoms with Crippen molar-refractivity contribution < 1.29 is 13.5 Å². The van der Waals surface area contributed by atoms with Gasteiger partial charge >= 0.3 is 0 Å². The summed E-state index contributed by atoms with van der Waals surface area (Å²) in [5.74, 6) is -0.610. The van der Waals surface area contributed by atoms with E-state index in [4.69, 9.17) is 10.5 Å². The van der Waals surface area contributed by atoms with Crippen LogP contribution in [0.3, 0.4) is 0 Å². The van der Waals surface area contributed by atoms with E-state index in [1.165, 1.54) is 0 Å². The summed E-state index contributed by atoms with van der Waals surface area (Å²) in [5, 5.41) is 6.80. The lowest BCUT2D eigenvalue weighted by Crippen LogP contribution is -2.08. The van der Waals surface area contributed by atoms with Crippen molar-refractivity contribution in [3.05, 3.63) is 59.6 Å². The Bertz CT molecular complexity index is 879. The van der Waals surface area contributed by atoms with Crippen LogP contribution in [0.1, 0.15) is 24.3 Å². The third kappa shape index (κ3) is 3.05. The van der Waals surface area contributed by atoms with Gasteiger partial charge in [-0.3, -0.25) is 5.10 Å². The molecular formula is C17H16F2N4O. The zero-order valence-corrected chi connectivity index (χ0v) is 13.2. The molecule has 0 unspecified atom stereocenters. The number of hydrogen-bond acceptors (Lipinski definition) is 4. The molecule has 0 fully saturated rings. The van der Waals surface area contributed by atoms with Gasteiger partial charge in [0, 0.05) is 28.6 Å². The van der Waals surface area contributed by atoms with Crippen LogP contribution in [0.25, 0.3) is 11.1 Å². The minimum absolute atomic E-state index is 0.110. The second-order valence-electron chi connectivity index (χ2n) is 5.44. The van der Waals surface area contributed by atoms with Gasteiger partial charge in [0.05, 0.1) is 6.20 Å². The molecule has 0 aliphatic rings. The van der Waals surface area contributed by atoms with Gasteiger partial charge in [-0.25, -0.2) is 13.8 Å². The third-order valence-corrected chi connectivity index (χ3v) is 3.72. The number of pyridine rings is 1. The molecule has 0 bridgehead atoms. The van der Waals surface area contributed by atoms with Crippen molar-refractivity contribution in [1.82, 2.24) is 15.2 Å². The molecule has 3 rings (SSSR count). The number of benzene rings is 1. The van der Waals surface area contributed by atoms with Crippen LogP contribution in [-0.4, -0.2) is 15.2 Å². The Balaban J connectivity index is 1.92. The maximum Gasteiger partial charge on any atom is 0.166 e. The topological polar surface area (TPSA) is 76.8 Å². The number of aryl methyl sites for hydroxylation is 1. The molecule has 124 valence electrons. The molecule has 0 saturated carbocycles. The SMILES string of the molecule is Cc1[nH]ncc1-c1cnc(N)c(O[C@H](C)c2cc(F)ccc2F)c1. The lowest BCUT2D eigenvalue weighted by molar-refractivity contribution is 0.221. The number of nitrogens with zero attached hydrogens (tertiary/aromatic N) is 2. The minimum atomic E-state index is -0.731. The van der Waals surface area contributed by atoms with Gasteiger partial charge in [0.25, 0.3) is 0 Å². The van der Waals surface area contributed by atoms with Crippen molar-refractivity contribution in [2.45, 2.75) is 20.0 Å². The van der Waals surface area contributed by atoms with E-state index in [0.717, 1.165) is 35.0 Å². The van der Waals surface area contributed by atoms with E-state index in [2.05, 4.69) is 15.2 Å². The number of halogens is 2. The Morgan fingerprint density at radius 3 is 2.71 bits per heavy atom. The van der Waals surface area contributed by atoms with E-state index < -0.39 is 17.7 Å². The van der Waals surface area contributed by atoms with Crippen LogP contribution in [0.2, 0.25) is 0 Å². The molecule has 3 N–H and O–H groups in total. The molecular weight excluding hydrogens is 314 g/mol. The lowest BCUT2D eigenvalue weighted by Gasteiger charge is -2.17. The molecule has 24 heavy (non-hydrogen) atoms. The summed E-state index contributed by atoms with van der Waals surface area (Å²) in [4.78, 5) is 4.11. The first kappa shape index (κ1) is 15.9. The van der Waals surface area contributed by atoms with Crippen molar-refractivity contribution in [1.29, 1.82) is 0 Å². The third-order valence-electron chi connectivity index (χ3n) is 3.72. The fraction of sp³-hybridized carbons (Fsp3) is 0.176. The van der Waals surface area contributed by atoms with Crippen LogP contribution in [0.5, 0.6) is 5.75 Å². The quantitative estimate of drug-likeness (QED) is 0.763. The van der Waals surface area contributed by atoms with Gasteiger partial charge in [-0.2, -0.15) is 5.10 Å². The van der Waals surface area contributed by atoms with Gasteiger partial charge in [0.1, 0.15) is 17.7 Å². The van der Waals surface area contributed by atoms with E-state index in [1.807, 2.05) is 6.92 Å². The molecule has 1 aromatic carbocycles. The van der Waals surface area contributed by atoms with Gasteiger partial charge in [-0.15, -0.1) is 0 Å². The number of nitrogens with two attached hydrogens (primary N) is 1. The molecule has 0 radical (unpaired) electrons. The highest BCUT2D eigenvalue weighted by atomic mass is 19.1. The first-order chi connectivity index (χ1) is 11.5. The highest BCUT2D eigenvalue weighted by molar-refractivity contribution is 5.68.